The van der Waals surface area contributed by atoms with Crippen molar-refractivity contribution in [3.8, 4) is 0 Å². The molecule has 2 fully saturated rings. The molecule has 144 valence electrons. The Hall–Kier alpha value is -1.56. The quantitative estimate of drug-likeness (QED) is 0.611. The highest BCUT2D eigenvalue weighted by Gasteiger charge is 2.43. The second-order valence-electron chi connectivity index (χ2n) is 7.67. The number of hydrogen-bond donors (Lipinski definition) is 1. The molecule has 0 bridgehead atoms. The lowest BCUT2D eigenvalue weighted by molar-refractivity contribution is 0.151. The van der Waals surface area contributed by atoms with Crippen LogP contribution in [0.15, 0.2) is 40.2 Å². The van der Waals surface area contributed by atoms with Crippen molar-refractivity contribution in [2.45, 2.75) is 56.9 Å². The summed E-state index contributed by atoms with van der Waals surface area (Å²) in [7, 11) is -3.31. The summed E-state index contributed by atoms with van der Waals surface area (Å²) in [5.74, 6) is 0.973. The number of benzene rings is 1. The molecule has 0 aromatic heterocycles. The fourth-order valence-corrected chi connectivity index (χ4v) is 5.63. The Balaban J connectivity index is 1.68. The first kappa shape index (κ1) is 19.2. The average Bonchev–Trinajstić information content (AvgIpc) is 3.07. The lowest BCUT2D eigenvalue weighted by atomic mass is 9.68. The highest BCUT2D eigenvalue weighted by Crippen LogP contribution is 2.47. The van der Waals surface area contributed by atoms with Gasteiger partial charge in [-0.25, -0.2) is 8.42 Å². The zero-order chi connectivity index (χ0) is 18.6. The van der Waals surface area contributed by atoms with Crippen molar-refractivity contribution in [1.29, 1.82) is 0 Å². The van der Waals surface area contributed by atoms with Crippen molar-refractivity contribution in [1.82, 2.24) is 10.2 Å². The largest absolute Gasteiger partial charge is 0.352 e. The Bertz CT molecular complexity index is 727. The molecule has 2 aliphatic rings. The molecule has 6 heteroatoms. The summed E-state index contributed by atoms with van der Waals surface area (Å²) in [6.07, 6.45) is 5.96. The number of aliphatic imine (C=N–C) groups is 1. The van der Waals surface area contributed by atoms with E-state index < -0.39 is 9.84 Å². The number of nitrogens with zero attached hydrogens (tertiary/aromatic N) is 2. The maximum Gasteiger partial charge on any atom is 0.194 e. The molecule has 1 spiro atoms. The molecule has 1 aliphatic carbocycles. The van der Waals surface area contributed by atoms with E-state index in [-0.39, 0.29) is 11.8 Å². The Morgan fingerprint density at radius 3 is 2.50 bits per heavy atom. The van der Waals surface area contributed by atoms with Crippen molar-refractivity contribution in [2.24, 2.45) is 10.4 Å². The van der Waals surface area contributed by atoms with Gasteiger partial charge < -0.3 is 10.2 Å². The van der Waals surface area contributed by atoms with Crippen molar-refractivity contribution in [3.05, 3.63) is 30.3 Å². The van der Waals surface area contributed by atoms with Gasteiger partial charge in [0.2, 0.25) is 0 Å². The summed E-state index contributed by atoms with van der Waals surface area (Å²) in [4.78, 5) is 7.38. The van der Waals surface area contributed by atoms with Crippen LogP contribution in [0.25, 0.3) is 0 Å². The second kappa shape index (κ2) is 7.99. The Morgan fingerprint density at radius 2 is 1.96 bits per heavy atom. The molecule has 1 N–H and O–H groups in total. The predicted octanol–water partition coefficient (Wildman–Crippen LogP) is 3.08. The van der Waals surface area contributed by atoms with Crippen LogP contribution in [0.3, 0.4) is 0 Å². The smallest absolute Gasteiger partial charge is 0.194 e. The van der Waals surface area contributed by atoms with Crippen LogP contribution in [0.4, 0.5) is 0 Å². The Morgan fingerprint density at radius 1 is 1.23 bits per heavy atom. The average molecular weight is 378 g/mol. The first-order valence-corrected chi connectivity index (χ1v) is 11.5. The lowest BCUT2D eigenvalue weighted by Gasteiger charge is -2.38. The van der Waals surface area contributed by atoms with Crippen molar-refractivity contribution < 1.29 is 8.42 Å². The van der Waals surface area contributed by atoms with Gasteiger partial charge in [0.25, 0.3) is 0 Å². The van der Waals surface area contributed by atoms with E-state index in [1.807, 2.05) is 19.9 Å². The van der Waals surface area contributed by atoms with E-state index in [1.165, 1.54) is 25.7 Å². The zero-order valence-electron chi connectivity index (χ0n) is 15.9. The minimum atomic E-state index is -3.31. The van der Waals surface area contributed by atoms with Crippen molar-refractivity contribution >= 4 is 15.8 Å². The van der Waals surface area contributed by atoms with E-state index in [0.29, 0.717) is 16.9 Å². The van der Waals surface area contributed by atoms with E-state index in [9.17, 15) is 8.42 Å². The molecule has 1 atom stereocenters. The standard InChI is InChI=1S/C20H31N3O2S/c1-3-17(15-26(24,25)18-9-6-5-7-10-18)22-19(21-4-2)23-14-13-20(16-23)11-8-12-20/h5-7,9-10,17H,3-4,8,11-16H2,1-2H3,(H,21,22). The minimum Gasteiger partial charge on any atom is -0.352 e. The van der Waals surface area contributed by atoms with Gasteiger partial charge in [0.1, 0.15) is 0 Å². The van der Waals surface area contributed by atoms with Crippen LogP contribution in [-0.4, -0.2) is 50.7 Å². The number of hydrogen-bond acceptors (Lipinski definition) is 3. The summed E-state index contributed by atoms with van der Waals surface area (Å²) in [6.45, 7) is 6.83. The van der Waals surface area contributed by atoms with Gasteiger partial charge >= 0.3 is 0 Å². The van der Waals surface area contributed by atoms with Gasteiger partial charge in [-0.15, -0.1) is 0 Å². The van der Waals surface area contributed by atoms with Crippen LogP contribution in [0.5, 0.6) is 0 Å². The van der Waals surface area contributed by atoms with Crippen LogP contribution >= 0.6 is 0 Å². The third kappa shape index (κ3) is 4.22. The molecule has 26 heavy (non-hydrogen) atoms. The molecule has 1 aromatic rings. The van der Waals surface area contributed by atoms with Crippen molar-refractivity contribution in [3.63, 3.8) is 0 Å². The maximum atomic E-state index is 12.7. The van der Waals surface area contributed by atoms with Gasteiger partial charge in [-0.2, -0.15) is 0 Å². The summed E-state index contributed by atoms with van der Waals surface area (Å²) in [5.41, 5.74) is 0.494. The van der Waals surface area contributed by atoms with E-state index in [0.717, 1.165) is 25.5 Å². The van der Waals surface area contributed by atoms with Crippen LogP contribution in [0, 0.1) is 5.41 Å². The first-order valence-electron chi connectivity index (χ1n) is 9.82. The fraction of sp³-hybridized carbons (Fsp3) is 0.650. The number of nitrogens with one attached hydrogen (secondary N) is 1. The summed E-state index contributed by atoms with van der Waals surface area (Å²) < 4.78 is 25.5. The lowest BCUT2D eigenvalue weighted by Crippen LogP contribution is -2.48. The molecular formula is C20H31N3O2S. The molecule has 1 saturated heterocycles. The normalized spacial score (nSPS) is 20.8. The topological polar surface area (TPSA) is 61.8 Å². The van der Waals surface area contributed by atoms with Gasteiger partial charge in [-0.05, 0) is 50.2 Å². The number of rotatable bonds is 6. The number of sulfone groups is 1. The zero-order valence-corrected chi connectivity index (χ0v) is 16.8. The molecule has 0 radical (unpaired) electrons. The van der Waals surface area contributed by atoms with E-state index in [4.69, 9.17) is 0 Å². The van der Waals surface area contributed by atoms with Gasteiger partial charge in [-0.1, -0.05) is 31.5 Å². The molecule has 1 unspecified atom stereocenters. The fourth-order valence-electron chi connectivity index (χ4n) is 4.02. The highest BCUT2D eigenvalue weighted by molar-refractivity contribution is 7.91. The number of likely N-dealkylation sites (tertiary alicyclic amines) is 1. The number of guanidine groups is 1. The van der Waals surface area contributed by atoms with Crippen molar-refractivity contribution in [2.75, 3.05) is 25.4 Å². The van der Waals surface area contributed by atoms with Crippen LogP contribution < -0.4 is 5.32 Å². The van der Waals surface area contributed by atoms with E-state index in [1.54, 1.807) is 24.3 Å². The van der Waals surface area contributed by atoms with Crippen LogP contribution in [-0.2, 0) is 9.84 Å². The van der Waals surface area contributed by atoms with Gasteiger partial charge in [-0.3, -0.25) is 4.99 Å². The summed E-state index contributed by atoms with van der Waals surface area (Å²) in [6, 6.07) is 8.59. The van der Waals surface area contributed by atoms with E-state index >= 15 is 0 Å². The van der Waals surface area contributed by atoms with Gasteiger partial charge in [0.15, 0.2) is 15.8 Å². The van der Waals surface area contributed by atoms with Gasteiger partial charge in [0.05, 0.1) is 10.6 Å². The maximum absolute atomic E-state index is 12.7. The molecule has 5 nitrogen and oxygen atoms in total. The first-order chi connectivity index (χ1) is 12.5. The molecule has 0 amide bonds. The summed E-state index contributed by atoms with van der Waals surface area (Å²) >= 11 is 0. The van der Waals surface area contributed by atoms with Gasteiger partial charge in [0, 0.05) is 25.7 Å². The molecule has 1 aliphatic heterocycles. The third-order valence-electron chi connectivity index (χ3n) is 5.81. The minimum absolute atomic E-state index is 0.0925. The molecule has 1 heterocycles. The van der Waals surface area contributed by atoms with Crippen LogP contribution in [0.2, 0.25) is 0 Å². The Labute approximate surface area is 157 Å². The predicted molar refractivity (Wildman–Crippen MR) is 106 cm³/mol. The second-order valence-corrected chi connectivity index (χ2v) is 9.70. The molecule has 1 saturated carbocycles. The Kier molecular flexibility index (Phi) is 5.90. The van der Waals surface area contributed by atoms with Crippen LogP contribution in [0.1, 0.15) is 46.0 Å². The molecular weight excluding hydrogens is 346 g/mol. The van der Waals surface area contributed by atoms with E-state index in [2.05, 4.69) is 15.2 Å². The monoisotopic (exact) mass is 377 g/mol. The molecule has 3 rings (SSSR count). The highest BCUT2D eigenvalue weighted by atomic mass is 32.2. The summed E-state index contributed by atoms with van der Waals surface area (Å²) in [5, 5.41) is 3.46. The SMILES string of the molecule is CCN=C(NC(CC)CS(=O)(=O)c1ccccc1)N1CCC2(CCC2)C1. The molecule has 1 aromatic carbocycles. The third-order valence-corrected chi connectivity index (χ3v) is 7.64.